The van der Waals surface area contributed by atoms with Gasteiger partial charge >= 0.3 is 5.97 Å². The van der Waals surface area contributed by atoms with E-state index in [4.69, 9.17) is 14.2 Å². The number of hydrogen-bond acceptors (Lipinski definition) is 10. The highest BCUT2D eigenvalue weighted by Gasteiger charge is 2.47. The fourth-order valence-electron chi connectivity index (χ4n) is 9.14. The Morgan fingerprint density at radius 1 is 0.526 bits per heavy atom. The lowest BCUT2D eigenvalue weighted by atomic mass is 9.99. The maximum absolute atomic E-state index is 13.4. The molecule has 0 aromatic rings. The number of hydrogen-bond donors (Lipinski definition) is 6. The molecule has 1 aliphatic heterocycles. The minimum Gasteiger partial charge on any atom is -0.454 e. The van der Waals surface area contributed by atoms with Crippen molar-refractivity contribution in [1.82, 2.24) is 5.32 Å². The monoisotopic (exact) mass is 1070 g/mol. The summed E-state index contributed by atoms with van der Waals surface area (Å²) in [6.45, 7) is 5.63. The van der Waals surface area contributed by atoms with Gasteiger partial charge in [-0.25, -0.2) is 0 Å². The summed E-state index contributed by atoms with van der Waals surface area (Å²) in [5.74, 6) is -1.22. The molecule has 0 aliphatic carbocycles. The van der Waals surface area contributed by atoms with Gasteiger partial charge in [-0.1, -0.05) is 234 Å². The van der Waals surface area contributed by atoms with E-state index in [1.54, 1.807) is 6.08 Å². The zero-order chi connectivity index (χ0) is 55.4. The summed E-state index contributed by atoms with van der Waals surface area (Å²) in [6.07, 6.45) is 57.7. The predicted molar refractivity (Wildman–Crippen MR) is 315 cm³/mol. The van der Waals surface area contributed by atoms with E-state index in [0.717, 1.165) is 135 Å². The van der Waals surface area contributed by atoms with Crippen LogP contribution in [0.4, 0.5) is 0 Å². The average Bonchev–Trinajstić information content (AvgIpc) is 3.42. The molecule has 6 N–H and O–H groups in total. The van der Waals surface area contributed by atoms with Gasteiger partial charge in [0, 0.05) is 6.42 Å². The van der Waals surface area contributed by atoms with Gasteiger partial charge in [-0.3, -0.25) is 9.59 Å². The van der Waals surface area contributed by atoms with Crippen LogP contribution in [0.15, 0.2) is 85.1 Å². The second-order valence-corrected chi connectivity index (χ2v) is 21.0. The Hall–Kier alpha value is -3.16. The molecular weight excluding hydrogens is 955 g/mol. The van der Waals surface area contributed by atoms with E-state index in [1.165, 1.54) is 70.6 Å². The number of rotatable bonds is 51. The number of carbonyl (C=O) groups excluding carboxylic acids is 2. The molecule has 1 aliphatic rings. The minimum absolute atomic E-state index is 0.107. The average molecular weight is 1070 g/mol. The standard InChI is InChI=1S/C65H113NO10/c1-4-7-10-13-16-19-22-24-25-26-27-28-29-30-31-32-33-35-38-41-44-47-50-53-60(70)76-63-62(72)61(71)59(54-67)75-65(63)74-55-56(57(68)51-48-45-42-39-36-21-18-15-12-9-6-3)66-64(73)58(69)52-49-46-43-40-37-34-23-20-17-14-11-8-5-2/h8,11,16-17,19-20,24-25,27-28,30-31,48,51,56-59,61-63,65,67-69,71-72H,4-7,9-10,12-15,18,21-23,26,29,32-47,49-50,52-55H2,1-3H3,(H,66,73)/b11-8+,19-16-,20-17+,25-24-,28-27-,31-30-,51-48+. The Labute approximate surface area is 463 Å². The third-order valence-electron chi connectivity index (χ3n) is 14.0. The van der Waals surface area contributed by atoms with Gasteiger partial charge in [-0.2, -0.15) is 0 Å². The van der Waals surface area contributed by atoms with Crippen LogP contribution in [-0.2, 0) is 23.8 Å². The summed E-state index contributed by atoms with van der Waals surface area (Å²) in [4.78, 5) is 26.5. The lowest BCUT2D eigenvalue weighted by molar-refractivity contribution is -0.305. The van der Waals surface area contributed by atoms with Crippen molar-refractivity contribution < 1.29 is 49.3 Å². The number of ether oxygens (including phenoxy) is 3. The van der Waals surface area contributed by atoms with Crippen molar-refractivity contribution >= 4 is 11.9 Å². The summed E-state index contributed by atoms with van der Waals surface area (Å²) in [5.41, 5.74) is 0. The van der Waals surface area contributed by atoms with Crippen molar-refractivity contribution in [3.63, 3.8) is 0 Å². The first-order chi connectivity index (χ1) is 37.2. The highest BCUT2D eigenvalue weighted by Crippen LogP contribution is 2.26. The smallest absolute Gasteiger partial charge is 0.306 e. The van der Waals surface area contributed by atoms with Crippen LogP contribution in [0.5, 0.6) is 0 Å². The van der Waals surface area contributed by atoms with Gasteiger partial charge in [-0.05, 0) is 96.3 Å². The summed E-state index contributed by atoms with van der Waals surface area (Å²) in [6, 6.07) is -1.03. The Kier molecular flexibility index (Phi) is 49.0. The molecule has 8 atom stereocenters. The molecule has 11 heteroatoms. The van der Waals surface area contributed by atoms with Crippen molar-refractivity contribution in [1.29, 1.82) is 0 Å². The third-order valence-corrected chi connectivity index (χ3v) is 14.0. The van der Waals surface area contributed by atoms with Crippen LogP contribution in [-0.4, -0.2) is 99.6 Å². The number of aliphatic hydroxyl groups excluding tert-OH is 5. The fraction of sp³-hybridized carbons (Fsp3) is 0.754. The van der Waals surface area contributed by atoms with Gasteiger partial charge < -0.3 is 45.1 Å². The molecule has 438 valence electrons. The number of unbranched alkanes of at least 4 members (excludes halogenated alkanes) is 25. The molecule has 11 nitrogen and oxygen atoms in total. The van der Waals surface area contributed by atoms with Gasteiger partial charge in [0.25, 0.3) is 0 Å². The summed E-state index contributed by atoms with van der Waals surface area (Å²) < 4.78 is 17.6. The van der Waals surface area contributed by atoms with Crippen LogP contribution >= 0.6 is 0 Å². The second kappa shape index (κ2) is 52.5. The van der Waals surface area contributed by atoms with Gasteiger partial charge in [0.2, 0.25) is 5.91 Å². The number of allylic oxidation sites excluding steroid dienone is 13. The molecular formula is C65H113NO10. The van der Waals surface area contributed by atoms with Crippen LogP contribution in [0, 0.1) is 0 Å². The quantitative estimate of drug-likeness (QED) is 0.0195. The Morgan fingerprint density at radius 2 is 0.947 bits per heavy atom. The van der Waals surface area contributed by atoms with E-state index >= 15 is 0 Å². The second-order valence-electron chi connectivity index (χ2n) is 21.0. The zero-order valence-corrected chi connectivity index (χ0v) is 48.3. The highest BCUT2D eigenvalue weighted by atomic mass is 16.7. The molecule has 0 aromatic heterocycles. The zero-order valence-electron chi connectivity index (χ0n) is 48.3. The van der Waals surface area contributed by atoms with Gasteiger partial charge in [0.05, 0.1) is 25.4 Å². The van der Waals surface area contributed by atoms with E-state index in [9.17, 15) is 35.1 Å². The lowest BCUT2D eigenvalue weighted by Gasteiger charge is -2.41. The molecule has 0 aromatic carbocycles. The molecule has 0 saturated carbocycles. The molecule has 0 bridgehead atoms. The van der Waals surface area contributed by atoms with E-state index in [2.05, 4.69) is 99.0 Å². The SMILES string of the molecule is CC/C=C/C/C=C/CCCCCCCCC(O)C(=O)NC(COC1OC(CO)C(O)C(O)C1OC(=O)CCCCCCCCC/C=C\C/C=C\C/C=C\C/C=C\CCCCC)C(O)/C=C/CCCCCCCCCCC. The summed E-state index contributed by atoms with van der Waals surface area (Å²) in [7, 11) is 0. The van der Waals surface area contributed by atoms with Crippen molar-refractivity contribution in [2.75, 3.05) is 13.2 Å². The first-order valence-corrected chi connectivity index (χ1v) is 30.9. The van der Waals surface area contributed by atoms with Crippen LogP contribution in [0.3, 0.4) is 0 Å². The van der Waals surface area contributed by atoms with Crippen LogP contribution in [0.1, 0.15) is 252 Å². The fourth-order valence-corrected chi connectivity index (χ4v) is 9.14. The maximum atomic E-state index is 13.4. The number of carbonyl (C=O) groups is 2. The number of amides is 1. The first kappa shape index (κ1) is 70.9. The molecule has 1 rings (SSSR count). The van der Waals surface area contributed by atoms with Crippen molar-refractivity contribution in [3.05, 3.63) is 85.1 Å². The molecule has 1 saturated heterocycles. The predicted octanol–water partition coefficient (Wildman–Crippen LogP) is 14.6. The van der Waals surface area contributed by atoms with E-state index in [1.807, 2.05) is 6.08 Å². The molecule has 0 radical (unpaired) electrons. The lowest BCUT2D eigenvalue weighted by Crippen LogP contribution is -2.61. The van der Waals surface area contributed by atoms with Gasteiger partial charge in [0.1, 0.15) is 24.4 Å². The largest absolute Gasteiger partial charge is 0.454 e. The number of aliphatic hydroxyl groups is 5. The summed E-state index contributed by atoms with van der Waals surface area (Å²) in [5, 5.41) is 56.9. The highest BCUT2D eigenvalue weighted by molar-refractivity contribution is 5.80. The van der Waals surface area contributed by atoms with Crippen LogP contribution in [0.2, 0.25) is 0 Å². The van der Waals surface area contributed by atoms with Crippen LogP contribution in [0.25, 0.3) is 0 Å². The minimum atomic E-state index is -1.62. The molecule has 1 heterocycles. The van der Waals surface area contributed by atoms with E-state index in [0.29, 0.717) is 12.8 Å². The molecule has 1 amide bonds. The third kappa shape index (κ3) is 40.1. The molecule has 1 fully saturated rings. The summed E-state index contributed by atoms with van der Waals surface area (Å²) >= 11 is 0. The first-order valence-electron chi connectivity index (χ1n) is 30.9. The van der Waals surface area contributed by atoms with Gasteiger partial charge in [0.15, 0.2) is 12.4 Å². The van der Waals surface area contributed by atoms with Crippen molar-refractivity contribution in [3.8, 4) is 0 Å². The topological polar surface area (TPSA) is 175 Å². The molecule has 8 unspecified atom stereocenters. The Bertz CT molecular complexity index is 1560. The Balaban J connectivity index is 2.64. The number of esters is 1. The normalized spacial score (nSPS) is 19.7. The molecule has 0 spiro atoms. The van der Waals surface area contributed by atoms with Crippen molar-refractivity contribution in [2.24, 2.45) is 0 Å². The van der Waals surface area contributed by atoms with E-state index < -0.39 is 67.4 Å². The van der Waals surface area contributed by atoms with Crippen LogP contribution < -0.4 is 5.32 Å². The Morgan fingerprint density at radius 3 is 1.45 bits per heavy atom. The van der Waals surface area contributed by atoms with E-state index in [-0.39, 0.29) is 19.4 Å². The van der Waals surface area contributed by atoms with Gasteiger partial charge in [-0.15, -0.1) is 0 Å². The maximum Gasteiger partial charge on any atom is 0.306 e. The van der Waals surface area contributed by atoms with Crippen molar-refractivity contribution in [2.45, 2.75) is 301 Å². The number of nitrogens with one attached hydrogen (secondary N) is 1. The molecule has 76 heavy (non-hydrogen) atoms.